The average Bonchev–Trinajstić information content (AvgIpc) is 2.79. The molecule has 0 saturated heterocycles. The highest BCUT2D eigenvalue weighted by Gasteiger charge is 2.30. The quantitative estimate of drug-likeness (QED) is 0.439. The van der Waals surface area contributed by atoms with Crippen LogP contribution in [0.2, 0.25) is 0 Å². The van der Waals surface area contributed by atoms with Gasteiger partial charge in [-0.15, -0.1) is 0 Å². The van der Waals surface area contributed by atoms with E-state index >= 15 is 0 Å². The lowest BCUT2D eigenvalue weighted by atomic mass is 10.1. The number of carbonyl (C=O) groups excluding carboxylic acids is 1. The van der Waals surface area contributed by atoms with Crippen molar-refractivity contribution >= 4 is 27.8 Å². The van der Waals surface area contributed by atoms with Gasteiger partial charge in [0.05, 0.1) is 22.4 Å². The number of nitrogens with one attached hydrogen (secondary N) is 1. The molecule has 0 spiro atoms. The highest BCUT2D eigenvalue weighted by molar-refractivity contribution is 7.92. The first-order valence-electron chi connectivity index (χ1n) is 9.24. The van der Waals surface area contributed by atoms with Gasteiger partial charge in [0, 0.05) is 12.6 Å². The van der Waals surface area contributed by atoms with Gasteiger partial charge in [0.1, 0.15) is 0 Å². The van der Waals surface area contributed by atoms with Crippen LogP contribution in [0.4, 0.5) is 18.9 Å². The molecule has 0 radical (unpaired) electrons. The number of anilines is 1. The first kappa shape index (κ1) is 23.0. The van der Waals surface area contributed by atoms with Gasteiger partial charge in [0.15, 0.2) is 0 Å². The van der Waals surface area contributed by atoms with Crippen molar-refractivity contribution in [3.8, 4) is 0 Å². The maximum absolute atomic E-state index is 12.7. The van der Waals surface area contributed by atoms with E-state index in [1.54, 1.807) is 18.2 Å². The second kappa shape index (κ2) is 9.23. The van der Waals surface area contributed by atoms with E-state index in [4.69, 9.17) is 0 Å². The van der Waals surface area contributed by atoms with Crippen LogP contribution in [0, 0.1) is 0 Å². The normalized spacial score (nSPS) is 12.0. The van der Waals surface area contributed by atoms with Crippen molar-refractivity contribution in [2.45, 2.75) is 11.1 Å². The van der Waals surface area contributed by atoms with E-state index < -0.39 is 27.7 Å². The summed E-state index contributed by atoms with van der Waals surface area (Å²) in [4.78, 5) is 12.4. The number of amides is 1. The Hall–Kier alpha value is -3.66. The zero-order chi connectivity index (χ0) is 23.4. The standard InChI is InChI=1S/C22H18F3N3O3S/c1-28(32(30,31)20-8-3-2-4-9-20)19-12-10-17(11-13-19)21(29)27-26-15-16-6-5-7-18(14-16)22(23,24)25/h2-15H,1H3,(H,27,29)/b26-15-. The van der Waals surface area contributed by atoms with Crippen LogP contribution >= 0.6 is 0 Å². The van der Waals surface area contributed by atoms with Crippen molar-refractivity contribution in [1.29, 1.82) is 0 Å². The molecule has 32 heavy (non-hydrogen) atoms. The third-order valence-electron chi connectivity index (χ3n) is 4.49. The molecule has 3 aromatic carbocycles. The fourth-order valence-electron chi connectivity index (χ4n) is 2.74. The molecule has 0 heterocycles. The lowest BCUT2D eigenvalue weighted by Crippen LogP contribution is -2.26. The predicted molar refractivity (Wildman–Crippen MR) is 115 cm³/mol. The van der Waals surface area contributed by atoms with Gasteiger partial charge in [-0.2, -0.15) is 18.3 Å². The molecule has 166 valence electrons. The summed E-state index contributed by atoms with van der Waals surface area (Å²) in [6.07, 6.45) is -3.38. The van der Waals surface area contributed by atoms with Gasteiger partial charge < -0.3 is 0 Å². The van der Waals surface area contributed by atoms with Crippen LogP contribution in [0.3, 0.4) is 0 Å². The van der Waals surface area contributed by atoms with Gasteiger partial charge in [0.2, 0.25) is 0 Å². The van der Waals surface area contributed by atoms with Crippen LogP contribution < -0.4 is 9.73 Å². The topological polar surface area (TPSA) is 78.8 Å². The van der Waals surface area contributed by atoms with Crippen molar-refractivity contribution < 1.29 is 26.4 Å². The van der Waals surface area contributed by atoms with Gasteiger partial charge in [-0.3, -0.25) is 9.10 Å². The van der Waals surface area contributed by atoms with Crippen molar-refractivity contribution in [3.05, 3.63) is 95.6 Å². The second-order valence-corrected chi connectivity index (χ2v) is 8.62. The molecular weight excluding hydrogens is 443 g/mol. The monoisotopic (exact) mass is 461 g/mol. The number of nitrogens with zero attached hydrogens (tertiary/aromatic N) is 2. The molecule has 1 N–H and O–H groups in total. The van der Waals surface area contributed by atoms with Crippen LogP contribution in [0.5, 0.6) is 0 Å². The number of hydrogen-bond acceptors (Lipinski definition) is 4. The number of alkyl halides is 3. The minimum atomic E-state index is -4.48. The molecule has 0 bridgehead atoms. The van der Waals surface area contributed by atoms with Gasteiger partial charge in [-0.25, -0.2) is 13.8 Å². The summed E-state index contributed by atoms with van der Waals surface area (Å²) in [6.45, 7) is 0. The smallest absolute Gasteiger partial charge is 0.269 e. The molecule has 10 heteroatoms. The molecule has 0 saturated carbocycles. The Balaban J connectivity index is 1.67. The van der Waals surface area contributed by atoms with Crippen LogP contribution in [0.25, 0.3) is 0 Å². The number of hydrogen-bond donors (Lipinski definition) is 1. The van der Waals surface area contributed by atoms with E-state index in [0.29, 0.717) is 5.69 Å². The van der Waals surface area contributed by atoms with Gasteiger partial charge >= 0.3 is 6.18 Å². The van der Waals surface area contributed by atoms with Gasteiger partial charge in [-0.05, 0) is 54.1 Å². The second-order valence-electron chi connectivity index (χ2n) is 6.65. The Morgan fingerprint density at radius 3 is 2.25 bits per heavy atom. The molecule has 6 nitrogen and oxygen atoms in total. The van der Waals surface area contributed by atoms with E-state index in [-0.39, 0.29) is 16.0 Å². The van der Waals surface area contributed by atoms with Crippen molar-refractivity contribution in [1.82, 2.24) is 5.43 Å². The molecule has 0 atom stereocenters. The Labute approximate surface area is 183 Å². The minimum Gasteiger partial charge on any atom is -0.269 e. The molecule has 1 amide bonds. The van der Waals surface area contributed by atoms with Crippen molar-refractivity contribution in [2.24, 2.45) is 5.10 Å². The molecule has 0 fully saturated rings. The Kier molecular flexibility index (Phi) is 6.64. The third kappa shape index (κ3) is 5.33. The number of hydrazone groups is 1. The maximum Gasteiger partial charge on any atom is 0.416 e. The fourth-order valence-corrected chi connectivity index (χ4v) is 3.95. The summed E-state index contributed by atoms with van der Waals surface area (Å²) < 4.78 is 64.7. The van der Waals surface area contributed by atoms with Crippen molar-refractivity contribution in [2.75, 3.05) is 11.4 Å². The van der Waals surface area contributed by atoms with Crippen LogP contribution in [-0.4, -0.2) is 27.6 Å². The van der Waals surface area contributed by atoms with E-state index in [0.717, 1.165) is 22.7 Å². The van der Waals surface area contributed by atoms with E-state index in [9.17, 15) is 26.4 Å². The zero-order valence-corrected chi connectivity index (χ0v) is 17.6. The summed E-state index contributed by atoms with van der Waals surface area (Å²) in [5.74, 6) is -0.603. The number of rotatable bonds is 6. The molecule has 0 unspecified atom stereocenters. The van der Waals surface area contributed by atoms with E-state index in [1.165, 1.54) is 55.6 Å². The van der Waals surface area contributed by atoms with E-state index in [2.05, 4.69) is 10.5 Å². The third-order valence-corrected chi connectivity index (χ3v) is 6.29. The van der Waals surface area contributed by atoms with E-state index in [1.807, 2.05) is 0 Å². The maximum atomic E-state index is 12.7. The first-order chi connectivity index (χ1) is 15.1. The molecule has 0 aliphatic rings. The predicted octanol–water partition coefficient (Wildman–Crippen LogP) is 4.29. The summed E-state index contributed by atoms with van der Waals surface area (Å²) in [5.41, 5.74) is 2.12. The molecule has 0 aliphatic carbocycles. The lowest BCUT2D eigenvalue weighted by Gasteiger charge is -2.19. The van der Waals surface area contributed by atoms with Crippen LogP contribution in [-0.2, 0) is 16.2 Å². The average molecular weight is 461 g/mol. The highest BCUT2D eigenvalue weighted by atomic mass is 32.2. The summed E-state index contributed by atoms with van der Waals surface area (Å²) in [6, 6.07) is 18.2. The van der Waals surface area contributed by atoms with Crippen molar-refractivity contribution in [3.63, 3.8) is 0 Å². The zero-order valence-electron chi connectivity index (χ0n) is 16.7. The lowest BCUT2D eigenvalue weighted by molar-refractivity contribution is -0.137. The Morgan fingerprint density at radius 1 is 0.969 bits per heavy atom. The fraction of sp³-hybridized carbons (Fsp3) is 0.0909. The molecule has 0 aromatic heterocycles. The molecule has 3 aromatic rings. The van der Waals surface area contributed by atoms with Crippen LogP contribution in [0.1, 0.15) is 21.5 Å². The summed E-state index contributed by atoms with van der Waals surface area (Å²) in [5, 5.41) is 3.68. The highest BCUT2D eigenvalue weighted by Crippen LogP contribution is 2.29. The largest absolute Gasteiger partial charge is 0.416 e. The SMILES string of the molecule is CN(c1ccc(C(=O)N/N=C\c2cccc(C(F)(F)F)c2)cc1)S(=O)(=O)c1ccccc1. The summed E-state index contributed by atoms with van der Waals surface area (Å²) in [7, 11) is -2.36. The Morgan fingerprint density at radius 2 is 1.62 bits per heavy atom. The molecule has 3 rings (SSSR count). The van der Waals surface area contributed by atoms with Gasteiger partial charge in [-0.1, -0.05) is 30.3 Å². The molecule has 0 aliphatic heterocycles. The number of carbonyl (C=O) groups is 1. The molecular formula is C22H18F3N3O3S. The number of halogens is 3. The number of benzene rings is 3. The number of sulfonamides is 1. The van der Waals surface area contributed by atoms with Crippen LogP contribution in [0.15, 0.2) is 88.9 Å². The minimum absolute atomic E-state index is 0.133. The first-order valence-corrected chi connectivity index (χ1v) is 10.7. The van der Waals surface area contributed by atoms with Gasteiger partial charge in [0.25, 0.3) is 15.9 Å². The summed E-state index contributed by atoms with van der Waals surface area (Å²) >= 11 is 0. The Bertz CT molecular complexity index is 1230.